The van der Waals surface area contributed by atoms with E-state index in [1.807, 2.05) is 27.2 Å². The fourth-order valence-corrected chi connectivity index (χ4v) is 6.69. The molecule has 3 unspecified atom stereocenters. The molecule has 0 saturated carbocycles. The SMILES string of the molecule is CC/C=C\C/C=C\C/C=C\C/C=C\CCCCCCC(=O)NC(COP(=O)([O-])OCC[N+](C)(C)C)C(O)/C=C/CCCCCCCCCCCCCCCC. The molecule has 0 spiro atoms. The van der Waals surface area contributed by atoms with Crippen LogP contribution in [0.1, 0.15) is 174 Å². The van der Waals surface area contributed by atoms with Gasteiger partial charge in [0.05, 0.1) is 39.9 Å². The zero-order valence-corrected chi connectivity index (χ0v) is 37.0. The van der Waals surface area contributed by atoms with Gasteiger partial charge in [0.15, 0.2) is 0 Å². The quantitative estimate of drug-likeness (QED) is 0.0278. The first-order valence-electron chi connectivity index (χ1n) is 22.2. The third-order valence-corrected chi connectivity index (χ3v) is 10.4. The van der Waals surface area contributed by atoms with Crippen molar-refractivity contribution in [3.05, 3.63) is 60.8 Å². The number of hydrogen-bond donors (Lipinski definition) is 2. The summed E-state index contributed by atoms with van der Waals surface area (Å²) in [6.45, 7) is 4.50. The van der Waals surface area contributed by atoms with Crippen LogP contribution in [0, 0.1) is 0 Å². The summed E-state index contributed by atoms with van der Waals surface area (Å²) in [7, 11) is 1.23. The first-order valence-corrected chi connectivity index (χ1v) is 23.6. The number of nitrogens with zero attached hydrogens (tertiary/aromatic N) is 1. The zero-order valence-electron chi connectivity index (χ0n) is 36.1. The highest BCUT2D eigenvalue weighted by molar-refractivity contribution is 7.45. The lowest BCUT2D eigenvalue weighted by Crippen LogP contribution is -2.45. The summed E-state index contributed by atoms with van der Waals surface area (Å²) >= 11 is 0. The predicted octanol–water partition coefficient (Wildman–Crippen LogP) is 11.6. The van der Waals surface area contributed by atoms with Gasteiger partial charge in [0.25, 0.3) is 7.82 Å². The van der Waals surface area contributed by atoms with Crippen molar-refractivity contribution in [2.75, 3.05) is 40.9 Å². The van der Waals surface area contributed by atoms with Gasteiger partial charge in [-0.1, -0.05) is 171 Å². The first kappa shape index (κ1) is 53.2. The lowest BCUT2D eigenvalue weighted by molar-refractivity contribution is -0.870. The number of carbonyl (C=O) groups excluding carboxylic acids is 1. The highest BCUT2D eigenvalue weighted by Gasteiger charge is 2.23. The highest BCUT2D eigenvalue weighted by atomic mass is 31.2. The van der Waals surface area contributed by atoms with Crippen LogP contribution in [-0.4, -0.2) is 68.5 Å². The number of hydrogen-bond acceptors (Lipinski definition) is 6. The summed E-state index contributed by atoms with van der Waals surface area (Å²) in [4.78, 5) is 25.3. The third-order valence-electron chi connectivity index (χ3n) is 9.48. The van der Waals surface area contributed by atoms with Gasteiger partial charge in [-0.15, -0.1) is 0 Å². The van der Waals surface area contributed by atoms with Gasteiger partial charge in [0.2, 0.25) is 5.91 Å². The molecule has 0 aliphatic rings. The molecule has 0 aliphatic heterocycles. The molecule has 320 valence electrons. The number of amides is 1. The maximum absolute atomic E-state index is 12.8. The maximum atomic E-state index is 12.8. The molecule has 2 N–H and O–H groups in total. The predicted molar refractivity (Wildman–Crippen MR) is 233 cm³/mol. The molecule has 0 rings (SSSR count). The van der Waals surface area contributed by atoms with Crippen LogP contribution in [0.15, 0.2) is 60.8 Å². The molecule has 0 saturated heterocycles. The second-order valence-corrected chi connectivity index (χ2v) is 17.4. The summed E-state index contributed by atoms with van der Waals surface area (Å²) < 4.78 is 23.2. The Kier molecular flexibility index (Phi) is 36.5. The van der Waals surface area contributed by atoms with Gasteiger partial charge in [0, 0.05) is 6.42 Å². The van der Waals surface area contributed by atoms with E-state index in [0.29, 0.717) is 17.4 Å². The third kappa shape index (κ3) is 40.2. The fraction of sp³-hybridized carbons (Fsp3) is 0.761. The average Bonchev–Trinajstić information content (AvgIpc) is 3.13. The number of quaternary nitrogens is 1. The van der Waals surface area contributed by atoms with E-state index in [9.17, 15) is 19.4 Å². The molecule has 0 aromatic carbocycles. The second kappa shape index (κ2) is 37.8. The normalized spacial score (nSPS) is 15.0. The van der Waals surface area contributed by atoms with Crippen molar-refractivity contribution in [1.82, 2.24) is 5.32 Å². The minimum atomic E-state index is -4.60. The van der Waals surface area contributed by atoms with Crippen LogP contribution in [0.2, 0.25) is 0 Å². The fourth-order valence-electron chi connectivity index (χ4n) is 5.97. The Hall–Kier alpha value is -1.80. The Labute approximate surface area is 339 Å². The Bertz CT molecular complexity index is 1080. The van der Waals surface area contributed by atoms with E-state index in [-0.39, 0.29) is 12.5 Å². The Morgan fingerprint density at radius 3 is 1.62 bits per heavy atom. The van der Waals surface area contributed by atoms with Gasteiger partial charge in [0.1, 0.15) is 13.2 Å². The maximum Gasteiger partial charge on any atom is 0.268 e. The number of phosphoric ester groups is 1. The highest BCUT2D eigenvalue weighted by Crippen LogP contribution is 2.38. The zero-order chi connectivity index (χ0) is 40.7. The van der Waals surface area contributed by atoms with Crippen molar-refractivity contribution >= 4 is 13.7 Å². The summed E-state index contributed by atoms with van der Waals surface area (Å²) in [5, 5.41) is 13.8. The molecule has 0 aromatic rings. The number of allylic oxidation sites excluding steroid dienone is 9. The van der Waals surface area contributed by atoms with E-state index in [2.05, 4.69) is 67.8 Å². The lowest BCUT2D eigenvalue weighted by Gasteiger charge is -2.29. The topological polar surface area (TPSA) is 108 Å². The van der Waals surface area contributed by atoms with Crippen LogP contribution in [-0.2, 0) is 18.4 Å². The van der Waals surface area contributed by atoms with E-state index in [4.69, 9.17) is 9.05 Å². The molecule has 0 fully saturated rings. The number of unbranched alkanes of at least 4 members (excludes halogenated alkanes) is 18. The van der Waals surface area contributed by atoms with Crippen LogP contribution in [0.4, 0.5) is 0 Å². The molecule has 9 heteroatoms. The molecule has 55 heavy (non-hydrogen) atoms. The van der Waals surface area contributed by atoms with Crippen molar-refractivity contribution in [2.45, 2.75) is 187 Å². The molecule has 8 nitrogen and oxygen atoms in total. The van der Waals surface area contributed by atoms with Gasteiger partial charge in [-0.2, -0.15) is 0 Å². The van der Waals surface area contributed by atoms with Gasteiger partial charge in [-0.3, -0.25) is 9.36 Å². The molecule has 0 heterocycles. The van der Waals surface area contributed by atoms with Crippen molar-refractivity contribution < 1.29 is 32.9 Å². The van der Waals surface area contributed by atoms with Crippen molar-refractivity contribution in [2.24, 2.45) is 0 Å². The number of rotatable bonds is 39. The number of phosphoric acid groups is 1. The average molecular weight is 793 g/mol. The van der Waals surface area contributed by atoms with E-state index >= 15 is 0 Å². The number of nitrogens with one attached hydrogen (secondary N) is 1. The largest absolute Gasteiger partial charge is 0.756 e. The lowest BCUT2D eigenvalue weighted by atomic mass is 10.0. The van der Waals surface area contributed by atoms with Crippen molar-refractivity contribution in [3.63, 3.8) is 0 Å². The number of likely N-dealkylation sites (N-methyl/N-ethyl adjacent to an activating group) is 1. The van der Waals surface area contributed by atoms with E-state index < -0.39 is 26.6 Å². The Balaban J connectivity index is 4.50. The van der Waals surface area contributed by atoms with Crippen LogP contribution < -0.4 is 10.2 Å². The molecule has 0 aliphatic carbocycles. The van der Waals surface area contributed by atoms with Gasteiger partial charge >= 0.3 is 0 Å². The van der Waals surface area contributed by atoms with Gasteiger partial charge in [-0.05, 0) is 57.8 Å². The molecule has 0 bridgehead atoms. The summed E-state index contributed by atoms with van der Waals surface area (Å²) in [5.74, 6) is -0.223. The molecule has 3 atom stereocenters. The monoisotopic (exact) mass is 793 g/mol. The number of carbonyl (C=O) groups is 1. The minimum Gasteiger partial charge on any atom is -0.756 e. The minimum absolute atomic E-state index is 0.00869. The molecule has 0 radical (unpaired) electrons. The number of aliphatic hydroxyl groups excluding tert-OH is 1. The van der Waals surface area contributed by atoms with Crippen LogP contribution in [0.3, 0.4) is 0 Å². The van der Waals surface area contributed by atoms with E-state index in [1.54, 1.807) is 6.08 Å². The van der Waals surface area contributed by atoms with Crippen LogP contribution >= 0.6 is 7.82 Å². The summed E-state index contributed by atoms with van der Waals surface area (Å²) in [6, 6.07) is -0.900. The van der Waals surface area contributed by atoms with Gasteiger partial charge < -0.3 is 28.8 Å². The van der Waals surface area contributed by atoms with Crippen molar-refractivity contribution in [1.29, 1.82) is 0 Å². The van der Waals surface area contributed by atoms with Crippen LogP contribution in [0.5, 0.6) is 0 Å². The van der Waals surface area contributed by atoms with Crippen LogP contribution in [0.25, 0.3) is 0 Å². The standard InChI is InChI=1S/C46H85N2O6P/c1-6-8-10-12-14-16-18-20-22-24-26-28-30-32-34-36-38-40-46(50)47-44(43-54-55(51,52)53-42-41-48(3,4)5)45(49)39-37-35-33-31-29-27-25-23-21-19-17-15-13-11-9-7-2/h8,10,14,16,20,22,26,28,37,39,44-45,49H,6-7,9,11-13,15,17-19,21,23-25,27,29-36,38,40-43H2,1-5H3,(H-,47,50,51,52)/b10-8-,16-14-,22-20-,28-26-,39-37+. The molecular weight excluding hydrogens is 707 g/mol. The molecule has 1 amide bonds. The molecular formula is C46H85N2O6P. The van der Waals surface area contributed by atoms with E-state index in [0.717, 1.165) is 77.0 Å². The number of aliphatic hydroxyl groups is 1. The van der Waals surface area contributed by atoms with Gasteiger partial charge in [-0.25, -0.2) is 0 Å². The first-order chi connectivity index (χ1) is 26.5. The van der Waals surface area contributed by atoms with Crippen molar-refractivity contribution in [3.8, 4) is 0 Å². The Morgan fingerprint density at radius 2 is 1.11 bits per heavy atom. The molecule has 0 aromatic heterocycles. The second-order valence-electron chi connectivity index (χ2n) is 16.0. The summed E-state index contributed by atoms with van der Waals surface area (Å²) in [5.41, 5.74) is 0. The summed E-state index contributed by atoms with van der Waals surface area (Å²) in [6.07, 6.45) is 48.3. The Morgan fingerprint density at radius 1 is 0.655 bits per heavy atom. The smallest absolute Gasteiger partial charge is 0.268 e. The van der Waals surface area contributed by atoms with E-state index in [1.165, 1.54) is 77.0 Å².